The van der Waals surface area contributed by atoms with Crippen molar-refractivity contribution in [3.05, 3.63) is 29.3 Å². The van der Waals surface area contributed by atoms with Crippen LogP contribution in [0.3, 0.4) is 0 Å². The van der Waals surface area contributed by atoms with Crippen molar-refractivity contribution in [2.24, 2.45) is 10.5 Å². The molecule has 1 amide bonds. The van der Waals surface area contributed by atoms with Crippen molar-refractivity contribution in [3.8, 4) is 11.4 Å². The minimum Gasteiger partial charge on any atom is -0.271 e. The highest BCUT2D eigenvalue weighted by Gasteiger charge is 2.37. The topological polar surface area (TPSA) is 85.1 Å². The Kier molecular flexibility index (Phi) is 6.23. The van der Waals surface area contributed by atoms with Crippen molar-refractivity contribution in [1.82, 2.24) is 25.6 Å². The maximum atomic E-state index is 13.0. The summed E-state index contributed by atoms with van der Waals surface area (Å²) in [6.45, 7) is 6.91. The fraction of sp³-hybridized carbons (Fsp3) is 0.471. The number of hydrazone groups is 1. The van der Waals surface area contributed by atoms with Crippen LogP contribution < -0.4 is 5.43 Å². The first-order valence-corrected chi connectivity index (χ1v) is 8.51. The Morgan fingerprint density at radius 1 is 1.07 bits per heavy atom. The van der Waals surface area contributed by atoms with Crippen LogP contribution in [0, 0.1) is 5.41 Å². The number of nitrogens with one attached hydrogen (secondary N) is 1. The Morgan fingerprint density at radius 2 is 1.60 bits per heavy atom. The molecule has 1 atom stereocenters. The SMILES string of the molecule is CC(C(=O)N/N=C/C(C)(C)C)n1nnc(-c2cc(C(F)(F)F)cc(C(F)(F)F)c2)n1. The molecule has 0 aliphatic carbocycles. The highest BCUT2D eigenvalue weighted by Crippen LogP contribution is 2.38. The van der Waals surface area contributed by atoms with Crippen LogP contribution in [0.25, 0.3) is 11.4 Å². The van der Waals surface area contributed by atoms with Gasteiger partial charge in [0, 0.05) is 11.8 Å². The number of rotatable bonds is 4. The summed E-state index contributed by atoms with van der Waals surface area (Å²) in [5, 5.41) is 14.6. The van der Waals surface area contributed by atoms with Crippen LogP contribution in [-0.4, -0.2) is 32.3 Å². The molecule has 1 heterocycles. The predicted molar refractivity (Wildman–Crippen MR) is 94.1 cm³/mol. The highest BCUT2D eigenvalue weighted by atomic mass is 19.4. The minimum atomic E-state index is -5.01. The van der Waals surface area contributed by atoms with E-state index in [1.165, 1.54) is 13.1 Å². The summed E-state index contributed by atoms with van der Waals surface area (Å²) < 4.78 is 78.0. The van der Waals surface area contributed by atoms with Gasteiger partial charge in [0.25, 0.3) is 5.91 Å². The van der Waals surface area contributed by atoms with Crippen molar-refractivity contribution >= 4 is 12.1 Å². The van der Waals surface area contributed by atoms with Gasteiger partial charge in [-0.2, -0.15) is 36.2 Å². The molecular weight excluding hydrogens is 418 g/mol. The molecule has 30 heavy (non-hydrogen) atoms. The van der Waals surface area contributed by atoms with Gasteiger partial charge in [0.1, 0.15) is 0 Å². The second kappa shape index (κ2) is 8.03. The average molecular weight is 436 g/mol. The van der Waals surface area contributed by atoms with Crippen LogP contribution in [0.1, 0.15) is 44.9 Å². The van der Waals surface area contributed by atoms with Crippen LogP contribution >= 0.6 is 0 Å². The van der Waals surface area contributed by atoms with E-state index in [1.54, 1.807) is 0 Å². The normalized spacial score (nSPS) is 14.2. The van der Waals surface area contributed by atoms with Gasteiger partial charge in [0.15, 0.2) is 6.04 Å². The maximum Gasteiger partial charge on any atom is 0.416 e. The number of tetrazole rings is 1. The Bertz CT molecular complexity index is 909. The third-order valence-corrected chi connectivity index (χ3v) is 3.63. The quantitative estimate of drug-likeness (QED) is 0.445. The van der Waals surface area contributed by atoms with Gasteiger partial charge in [-0.1, -0.05) is 20.8 Å². The fourth-order valence-corrected chi connectivity index (χ4v) is 2.08. The Balaban J connectivity index is 2.33. The zero-order valence-electron chi connectivity index (χ0n) is 16.3. The van der Waals surface area contributed by atoms with E-state index in [-0.39, 0.29) is 11.5 Å². The number of benzene rings is 1. The molecule has 1 unspecified atom stereocenters. The molecule has 0 bridgehead atoms. The number of hydrogen-bond acceptors (Lipinski definition) is 5. The first kappa shape index (κ1) is 23.3. The van der Waals surface area contributed by atoms with E-state index in [9.17, 15) is 31.1 Å². The van der Waals surface area contributed by atoms with Gasteiger partial charge in [-0.05, 0) is 35.8 Å². The molecule has 0 aliphatic rings. The lowest BCUT2D eigenvalue weighted by Crippen LogP contribution is -2.29. The van der Waals surface area contributed by atoms with E-state index in [4.69, 9.17) is 0 Å². The monoisotopic (exact) mass is 436 g/mol. The second-order valence-electron chi connectivity index (χ2n) is 7.50. The van der Waals surface area contributed by atoms with Gasteiger partial charge in [-0.25, -0.2) is 5.43 Å². The zero-order chi connectivity index (χ0) is 22.9. The van der Waals surface area contributed by atoms with Crippen molar-refractivity contribution in [1.29, 1.82) is 0 Å². The summed E-state index contributed by atoms with van der Waals surface area (Å²) in [6.07, 6.45) is -8.53. The summed E-state index contributed by atoms with van der Waals surface area (Å²) in [7, 11) is 0. The van der Waals surface area contributed by atoms with E-state index >= 15 is 0 Å². The summed E-state index contributed by atoms with van der Waals surface area (Å²) in [5.41, 5.74) is -1.60. The molecule has 2 aromatic rings. The fourth-order valence-electron chi connectivity index (χ4n) is 2.08. The second-order valence-corrected chi connectivity index (χ2v) is 7.50. The lowest BCUT2D eigenvalue weighted by molar-refractivity contribution is -0.143. The van der Waals surface area contributed by atoms with Gasteiger partial charge >= 0.3 is 12.4 Å². The molecular formula is C17H18F6N6O. The average Bonchev–Trinajstić information content (AvgIpc) is 3.08. The summed E-state index contributed by atoms with van der Waals surface area (Å²) in [5.74, 6) is -1.15. The summed E-state index contributed by atoms with van der Waals surface area (Å²) in [4.78, 5) is 12.9. The lowest BCUT2D eigenvalue weighted by atomic mass is 9.99. The van der Waals surface area contributed by atoms with Crippen molar-refractivity contribution in [3.63, 3.8) is 0 Å². The number of aromatic nitrogens is 4. The van der Waals surface area contributed by atoms with Gasteiger partial charge in [0.05, 0.1) is 11.1 Å². The minimum absolute atomic E-state index is 0.00276. The first-order valence-electron chi connectivity index (χ1n) is 8.51. The molecule has 7 nitrogen and oxygen atoms in total. The largest absolute Gasteiger partial charge is 0.416 e. The van der Waals surface area contributed by atoms with Gasteiger partial charge in [-0.3, -0.25) is 4.79 Å². The third kappa shape index (κ3) is 6.00. The van der Waals surface area contributed by atoms with E-state index in [0.29, 0.717) is 12.1 Å². The number of alkyl halides is 6. The molecule has 0 spiro atoms. The van der Waals surface area contributed by atoms with E-state index in [1.807, 2.05) is 20.8 Å². The van der Waals surface area contributed by atoms with Crippen LogP contribution in [0.2, 0.25) is 0 Å². The number of amides is 1. The highest BCUT2D eigenvalue weighted by molar-refractivity contribution is 5.80. The standard InChI is InChI=1S/C17H18F6N6O/c1-9(14(30)26-24-8-15(2,3)4)29-27-13(25-28-29)10-5-11(16(18,19)20)7-12(6-10)17(21,22)23/h5-9H,1-4H3,(H,26,30)/b24-8+. The number of carbonyl (C=O) groups is 1. The predicted octanol–water partition coefficient (Wildman–Crippen LogP) is 4.09. The molecule has 164 valence electrons. The van der Waals surface area contributed by atoms with E-state index < -0.39 is 46.8 Å². The molecule has 0 aliphatic heterocycles. The molecule has 0 radical (unpaired) electrons. The number of hydrogen-bond donors (Lipinski definition) is 1. The van der Waals surface area contributed by atoms with Crippen LogP contribution in [-0.2, 0) is 17.1 Å². The molecule has 0 saturated heterocycles. The van der Waals surface area contributed by atoms with Crippen molar-refractivity contribution in [2.45, 2.75) is 46.1 Å². The number of carbonyl (C=O) groups excluding carboxylic acids is 1. The molecule has 1 N–H and O–H groups in total. The molecule has 1 aromatic carbocycles. The van der Waals surface area contributed by atoms with Crippen LogP contribution in [0.4, 0.5) is 26.3 Å². The molecule has 1 aromatic heterocycles. The summed E-state index contributed by atoms with van der Waals surface area (Å²) in [6, 6.07) is -0.113. The number of halogens is 6. The molecule has 0 saturated carbocycles. The lowest BCUT2D eigenvalue weighted by Gasteiger charge is -2.13. The molecule has 13 heteroatoms. The Hall–Kier alpha value is -2.99. The number of nitrogens with zero attached hydrogens (tertiary/aromatic N) is 5. The van der Waals surface area contributed by atoms with E-state index in [2.05, 4.69) is 25.9 Å². The van der Waals surface area contributed by atoms with Gasteiger partial charge in [-0.15, -0.1) is 10.2 Å². The third-order valence-electron chi connectivity index (χ3n) is 3.63. The van der Waals surface area contributed by atoms with Crippen LogP contribution in [0.5, 0.6) is 0 Å². The van der Waals surface area contributed by atoms with Gasteiger partial charge < -0.3 is 0 Å². The maximum absolute atomic E-state index is 13.0. The first-order chi connectivity index (χ1) is 13.6. The van der Waals surface area contributed by atoms with Gasteiger partial charge in [0.2, 0.25) is 5.82 Å². The Morgan fingerprint density at radius 3 is 2.07 bits per heavy atom. The zero-order valence-corrected chi connectivity index (χ0v) is 16.3. The smallest absolute Gasteiger partial charge is 0.271 e. The van der Waals surface area contributed by atoms with Crippen molar-refractivity contribution in [2.75, 3.05) is 0 Å². The molecule has 2 rings (SSSR count). The van der Waals surface area contributed by atoms with E-state index in [0.717, 1.165) is 4.80 Å². The molecule has 0 fully saturated rings. The Labute approximate surface area is 167 Å². The van der Waals surface area contributed by atoms with Crippen molar-refractivity contribution < 1.29 is 31.1 Å². The van der Waals surface area contributed by atoms with Crippen LogP contribution in [0.15, 0.2) is 23.3 Å². The summed E-state index contributed by atoms with van der Waals surface area (Å²) >= 11 is 0.